The predicted octanol–water partition coefficient (Wildman–Crippen LogP) is 1.71. The zero-order chi connectivity index (χ0) is 9.72. The van der Waals surface area contributed by atoms with Crippen molar-refractivity contribution in [1.82, 2.24) is 0 Å². The molecule has 0 rings (SSSR count). The minimum Gasteiger partial charge on any atom is -0.438 e. The number of aliphatic hydroxyl groups is 1. The molecule has 3 heteroatoms. The van der Waals surface area contributed by atoms with Crippen molar-refractivity contribution < 1.29 is 9.76 Å². The van der Waals surface area contributed by atoms with E-state index in [1.165, 1.54) is 0 Å². The molecule has 0 heterocycles. The van der Waals surface area contributed by atoms with Crippen molar-refractivity contribution >= 4 is 7.48 Å². The third kappa shape index (κ3) is 3.59. The summed E-state index contributed by atoms with van der Waals surface area (Å²) in [6, 6.07) is 0. The van der Waals surface area contributed by atoms with E-state index in [1.54, 1.807) is 7.48 Å². The summed E-state index contributed by atoms with van der Waals surface area (Å²) < 4.78 is 5.34. The van der Waals surface area contributed by atoms with Crippen molar-refractivity contribution in [2.75, 3.05) is 0 Å². The minimum atomic E-state index is -0.306. The molecule has 0 aliphatic carbocycles. The second-order valence-electron chi connectivity index (χ2n) is 3.64. The molecule has 0 aliphatic rings. The molecular weight excluding hydrogens is 151 g/mol. The van der Waals surface area contributed by atoms with E-state index in [-0.39, 0.29) is 18.1 Å². The first-order chi connectivity index (χ1) is 5.50. The normalized spacial score (nSPS) is 18.9. The topological polar surface area (TPSA) is 29.5 Å². The monoisotopic (exact) mass is 171 g/mol. The van der Waals surface area contributed by atoms with Crippen LogP contribution in [0.2, 0.25) is 6.82 Å². The maximum absolute atomic E-state index is 9.49. The smallest absolute Gasteiger partial charge is 0.289 e. The Morgan fingerprint density at radius 1 is 1.17 bits per heavy atom. The van der Waals surface area contributed by atoms with Crippen molar-refractivity contribution in [1.29, 1.82) is 0 Å². The largest absolute Gasteiger partial charge is 0.438 e. The Labute approximate surface area is 76.6 Å². The van der Waals surface area contributed by atoms with Gasteiger partial charge in [0.1, 0.15) is 0 Å². The molecule has 12 heavy (non-hydrogen) atoms. The number of aliphatic hydroxyl groups excluding tert-OH is 1. The van der Waals surface area contributed by atoms with Crippen LogP contribution >= 0.6 is 0 Å². The molecule has 0 aromatic heterocycles. The maximum Gasteiger partial charge on any atom is 0.289 e. The molecular formula is C9H20BO2. The molecule has 0 fully saturated rings. The average molecular weight is 171 g/mol. The molecule has 3 atom stereocenters. The highest BCUT2D eigenvalue weighted by Crippen LogP contribution is 2.21. The van der Waals surface area contributed by atoms with Gasteiger partial charge in [-0.2, -0.15) is 0 Å². The van der Waals surface area contributed by atoms with Crippen LogP contribution in [0, 0.1) is 11.8 Å². The number of hydrogen-bond acceptors (Lipinski definition) is 2. The van der Waals surface area contributed by atoms with Gasteiger partial charge < -0.3 is 9.76 Å². The summed E-state index contributed by atoms with van der Waals surface area (Å²) in [5.41, 5.74) is 0. The predicted molar refractivity (Wildman–Crippen MR) is 52.2 cm³/mol. The Morgan fingerprint density at radius 3 is 1.92 bits per heavy atom. The molecule has 0 aromatic rings. The quantitative estimate of drug-likeness (QED) is 0.638. The van der Waals surface area contributed by atoms with Crippen LogP contribution in [0.15, 0.2) is 0 Å². The summed E-state index contributed by atoms with van der Waals surface area (Å²) >= 11 is 0. The SMILES string of the molecule is C[B]OC(C)[C@H](C(C)C)C(C)O. The maximum atomic E-state index is 9.49. The average Bonchev–Trinajstić information content (AvgIpc) is 1.85. The molecule has 0 aliphatic heterocycles. The zero-order valence-electron chi connectivity index (χ0n) is 8.74. The summed E-state index contributed by atoms with van der Waals surface area (Å²) in [7, 11) is 1.68. The van der Waals surface area contributed by atoms with Crippen LogP contribution in [0.3, 0.4) is 0 Å². The fourth-order valence-corrected chi connectivity index (χ4v) is 1.80. The fraction of sp³-hybridized carbons (Fsp3) is 1.00. The van der Waals surface area contributed by atoms with Crippen molar-refractivity contribution in [2.24, 2.45) is 11.8 Å². The van der Waals surface area contributed by atoms with Gasteiger partial charge in [0, 0.05) is 12.0 Å². The second kappa shape index (κ2) is 5.60. The van der Waals surface area contributed by atoms with Crippen LogP contribution in [0.4, 0.5) is 0 Å². The third-order valence-corrected chi connectivity index (χ3v) is 2.22. The van der Waals surface area contributed by atoms with E-state index in [1.807, 2.05) is 20.7 Å². The Hall–Kier alpha value is -0.0151. The van der Waals surface area contributed by atoms with Crippen LogP contribution in [0.25, 0.3) is 0 Å². The lowest BCUT2D eigenvalue weighted by Gasteiger charge is -2.29. The Kier molecular flexibility index (Phi) is 5.59. The standard InChI is InChI=1S/C9H20BO2/c1-6(2)9(7(3)11)8(4)12-10-5/h6-9,11H,1-5H3/t7?,8?,9-/m1/s1. The molecule has 0 bridgehead atoms. The van der Waals surface area contributed by atoms with E-state index in [4.69, 9.17) is 4.65 Å². The van der Waals surface area contributed by atoms with Crippen molar-refractivity contribution in [3.63, 3.8) is 0 Å². The van der Waals surface area contributed by atoms with E-state index < -0.39 is 0 Å². The van der Waals surface area contributed by atoms with Crippen LogP contribution in [0.1, 0.15) is 27.7 Å². The van der Waals surface area contributed by atoms with Gasteiger partial charge in [-0.3, -0.25) is 0 Å². The van der Waals surface area contributed by atoms with Crippen LogP contribution in [-0.2, 0) is 4.65 Å². The van der Waals surface area contributed by atoms with Crippen molar-refractivity contribution in [2.45, 2.75) is 46.7 Å². The molecule has 0 saturated carbocycles. The highest BCUT2D eigenvalue weighted by molar-refractivity contribution is 6.24. The number of hydrogen-bond donors (Lipinski definition) is 1. The van der Waals surface area contributed by atoms with E-state index >= 15 is 0 Å². The summed E-state index contributed by atoms with van der Waals surface area (Å²) in [5, 5.41) is 9.49. The van der Waals surface area contributed by atoms with Gasteiger partial charge in [0.05, 0.1) is 6.10 Å². The molecule has 0 amide bonds. The summed E-state index contributed by atoms with van der Waals surface area (Å²) in [6.07, 6.45) is -0.213. The van der Waals surface area contributed by atoms with Gasteiger partial charge in [-0.1, -0.05) is 20.7 Å². The summed E-state index contributed by atoms with van der Waals surface area (Å²) in [4.78, 5) is 0. The molecule has 0 spiro atoms. The molecule has 0 saturated heterocycles. The summed E-state index contributed by atoms with van der Waals surface area (Å²) in [5.74, 6) is 0.654. The Bertz CT molecular complexity index is 107. The summed E-state index contributed by atoms with van der Waals surface area (Å²) in [6.45, 7) is 9.88. The zero-order valence-corrected chi connectivity index (χ0v) is 8.74. The first-order valence-corrected chi connectivity index (χ1v) is 4.62. The fourth-order valence-electron chi connectivity index (χ4n) is 1.80. The molecule has 71 valence electrons. The van der Waals surface area contributed by atoms with Gasteiger partial charge >= 0.3 is 0 Å². The van der Waals surface area contributed by atoms with Gasteiger partial charge in [-0.15, -0.1) is 0 Å². The molecule has 2 nitrogen and oxygen atoms in total. The molecule has 2 unspecified atom stereocenters. The molecule has 1 radical (unpaired) electrons. The van der Waals surface area contributed by atoms with Crippen molar-refractivity contribution in [3.05, 3.63) is 0 Å². The van der Waals surface area contributed by atoms with E-state index in [0.29, 0.717) is 5.92 Å². The van der Waals surface area contributed by atoms with E-state index in [9.17, 15) is 5.11 Å². The van der Waals surface area contributed by atoms with Crippen LogP contribution < -0.4 is 0 Å². The van der Waals surface area contributed by atoms with Gasteiger partial charge in [-0.25, -0.2) is 0 Å². The Morgan fingerprint density at radius 2 is 1.67 bits per heavy atom. The highest BCUT2D eigenvalue weighted by atomic mass is 16.4. The van der Waals surface area contributed by atoms with Gasteiger partial charge in [-0.05, 0) is 19.8 Å². The van der Waals surface area contributed by atoms with Gasteiger partial charge in [0.25, 0.3) is 7.48 Å². The van der Waals surface area contributed by atoms with Crippen LogP contribution in [0.5, 0.6) is 0 Å². The second-order valence-corrected chi connectivity index (χ2v) is 3.64. The molecule has 1 N–H and O–H groups in total. The van der Waals surface area contributed by atoms with E-state index in [2.05, 4.69) is 13.8 Å². The molecule has 0 aromatic carbocycles. The van der Waals surface area contributed by atoms with E-state index in [0.717, 1.165) is 0 Å². The lowest BCUT2D eigenvalue weighted by molar-refractivity contribution is 0.0209. The Balaban J connectivity index is 4.09. The number of rotatable bonds is 5. The highest BCUT2D eigenvalue weighted by Gasteiger charge is 2.25. The lowest BCUT2D eigenvalue weighted by Crippen LogP contribution is -2.34. The van der Waals surface area contributed by atoms with Gasteiger partial charge in [0.15, 0.2) is 0 Å². The van der Waals surface area contributed by atoms with Crippen LogP contribution in [-0.4, -0.2) is 24.8 Å². The third-order valence-electron chi connectivity index (χ3n) is 2.22. The van der Waals surface area contributed by atoms with Crippen molar-refractivity contribution in [3.8, 4) is 0 Å². The minimum absolute atomic E-state index is 0.0926. The first kappa shape index (κ1) is 12.0. The lowest BCUT2D eigenvalue weighted by atomic mass is 9.86. The first-order valence-electron chi connectivity index (χ1n) is 4.62. The van der Waals surface area contributed by atoms with Gasteiger partial charge in [0.2, 0.25) is 0 Å².